The van der Waals surface area contributed by atoms with Crippen molar-refractivity contribution in [3.8, 4) is 0 Å². The molecule has 9 nitrogen and oxygen atoms in total. The fourth-order valence-corrected chi connectivity index (χ4v) is 4.28. The largest absolute Gasteiger partial charge is 0.456 e. The Balaban J connectivity index is 2.13. The number of ether oxygens (including phenoxy) is 1. The molecular weight excluding hydrogens is 537 g/mol. The number of hydrogen-bond acceptors (Lipinski definition) is 8. The van der Waals surface area contributed by atoms with Crippen molar-refractivity contribution in [2.75, 3.05) is 19.0 Å². The highest BCUT2D eigenvalue weighted by atomic mass is 79.9. The Morgan fingerprint density at radius 2 is 2.03 bits per heavy atom. The van der Waals surface area contributed by atoms with Gasteiger partial charge in [-0.2, -0.15) is 0 Å². The Kier molecular flexibility index (Phi) is 8.25. The van der Waals surface area contributed by atoms with E-state index in [1.54, 1.807) is 13.0 Å². The van der Waals surface area contributed by atoms with Crippen molar-refractivity contribution in [3.63, 3.8) is 0 Å². The maximum Gasteiger partial charge on any atom is 0.354 e. The fourth-order valence-electron chi connectivity index (χ4n) is 2.53. The summed E-state index contributed by atoms with van der Waals surface area (Å²) in [5.74, 6) is -2.86. The maximum atomic E-state index is 12.6. The molecule has 0 radical (unpaired) electrons. The summed E-state index contributed by atoms with van der Waals surface area (Å²) in [5, 5.41) is 4.97. The molecule has 0 bridgehead atoms. The van der Waals surface area contributed by atoms with Gasteiger partial charge in [-0.15, -0.1) is 11.8 Å². The minimum atomic E-state index is -1.79. The molecule has 2 amide bonds. The molecule has 0 spiro atoms. The second-order valence-corrected chi connectivity index (χ2v) is 10.4. The number of fused-ring (bicyclic) bond motifs is 1. The first-order valence-electron chi connectivity index (χ1n) is 7.95. The van der Waals surface area contributed by atoms with E-state index in [2.05, 4.69) is 31.2 Å². The average Bonchev–Trinajstić information content (AvgIpc) is 2.66. The van der Waals surface area contributed by atoms with Gasteiger partial charge in [0.1, 0.15) is 30.8 Å². The number of amides is 2. The Labute approximate surface area is 193 Å². The topological polar surface area (TPSA) is 114 Å². The third-order valence-electron chi connectivity index (χ3n) is 3.70. The molecule has 160 valence electrons. The van der Waals surface area contributed by atoms with Crippen LogP contribution in [0, 0.1) is 0 Å². The zero-order valence-electron chi connectivity index (χ0n) is 15.0. The molecule has 1 fully saturated rings. The monoisotopic (exact) mass is 549 g/mol. The number of β-lactam (4-membered cyclic amide) rings is 1. The maximum absolute atomic E-state index is 12.6. The van der Waals surface area contributed by atoms with Crippen LogP contribution in [0.15, 0.2) is 16.9 Å². The highest BCUT2D eigenvalue weighted by Gasteiger charge is 2.54. The molecule has 2 aliphatic heterocycles. The number of rotatable bonds is 7. The minimum Gasteiger partial charge on any atom is -0.456 e. The quantitative estimate of drug-likeness (QED) is 0.128. The van der Waals surface area contributed by atoms with Gasteiger partial charge < -0.3 is 14.9 Å². The van der Waals surface area contributed by atoms with Crippen LogP contribution in [0.25, 0.3) is 0 Å². The summed E-state index contributed by atoms with van der Waals surface area (Å²) in [6.45, 7) is 1.31. The zero-order chi connectivity index (χ0) is 21.9. The van der Waals surface area contributed by atoms with Gasteiger partial charge in [0.05, 0.1) is 5.33 Å². The van der Waals surface area contributed by atoms with Crippen LogP contribution in [0.4, 0.5) is 0 Å². The summed E-state index contributed by atoms with van der Waals surface area (Å²) in [5.41, 5.74) is -0.490. The summed E-state index contributed by atoms with van der Waals surface area (Å²) < 4.78 is 3.16. The van der Waals surface area contributed by atoms with Gasteiger partial charge in [-0.1, -0.05) is 55.9 Å². The van der Waals surface area contributed by atoms with E-state index >= 15 is 0 Å². The van der Waals surface area contributed by atoms with Crippen LogP contribution in [0.2, 0.25) is 0 Å². The number of alkyl halides is 4. The molecule has 1 saturated heterocycles. The number of Topliss-reactive ketones (excluding diaryl/α,β-unsaturated/α-hetero) is 1. The Hall–Kier alpha value is -1.01. The molecule has 29 heavy (non-hydrogen) atoms. The van der Waals surface area contributed by atoms with Crippen LogP contribution in [0.3, 0.4) is 0 Å². The molecular formula is C15H15BrCl3N3O6S. The van der Waals surface area contributed by atoms with Gasteiger partial charge in [0.25, 0.3) is 11.8 Å². The smallest absolute Gasteiger partial charge is 0.354 e. The summed E-state index contributed by atoms with van der Waals surface area (Å²) in [4.78, 5) is 54.8. The van der Waals surface area contributed by atoms with Gasteiger partial charge in [-0.25, -0.2) is 4.79 Å². The SMILES string of the molecule is CON=C(C(=O)CBr)C(=O)NC1C(=O)N2C(C(=O)OCC(Cl)(Cl)Cl)=CC(C)S[C@@H]12. The number of ketones is 1. The molecule has 2 rings (SSSR count). The third-order valence-corrected chi connectivity index (χ3v) is 5.86. The molecule has 2 aliphatic rings. The molecule has 1 N–H and O–H groups in total. The predicted molar refractivity (Wildman–Crippen MR) is 112 cm³/mol. The highest BCUT2D eigenvalue weighted by molar-refractivity contribution is 9.09. The lowest BCUT2D eigenvalue weighted by Crippen LogP contribution is -2.71. The molecule has 0 saturated carbocycles. The lowest BCUT2D eigenvalue weighted by Gasteiger charge is -2.49. The summed E-state index contributed by atoms with van der Waals surface area (Å²) >= 11 is 21.0. The van der Waals surface area contributed by atoms with Gasteiger partial charge in [0, 0.05) is 5.25 Å². The van der Waals surface area contributed by atoms with E-state index in [-0.39, 0.29) is 16.3 Å². The summed E-state index contributed by atoms with van der Waals surface area (Å²) in [6, 6.07) is -0.968. The van der Waals surface area contributed by atoms with Crippen molar-refractivity contribution in [3.05, 3.63) is 11.8 Å². The van der Waals surface area contributed by atoms with Crippen LogP contribution in [-0.2, 0) is 28.8 Å². The molecule has 0 aliphatic carbocycles. The second kappa shape index (κ2) is 9.86. The number of halogens is 4. The fraction of sp³-hybridized carbons (Fsp3) is 0.533. The van der Waals surface area contributed by atoms with Crippen LogP contribution in [0.1, 0.15) is 6.92 Å². The van der Waals surface area contributed by atoms with Crippen LogP contribution in [-0.4, -0.2) is 73.7 Å². The third kappa shape index (κ3) is 5.78. The highest BCUT2D eigenvalue weighted by Crippen LogP contribution is 2.41. The lowest BCUT2D eigenvalue weighted by molar-refractivity contribution is -0.152. The minimum absolute atomic E-state index is 0.00619. The van der Waals surface area contributed by atoms with E-state index in [4.69, 9.17) is 39.5 Å². The molecule has 3 atom stereocenters. The van der Waals surface area contributed by atoms with Gasteiger partial charge in [0.2, 0.25) is 15.3 Å². The van der Waals surface area contributed by atoms with E-state index in [1.807, 2.05) is 0 Å². The number of oxime groups is 1. The average molecular weight is 552 g/mol. The van der Waals surface area contributed by atoms with Crippen molar-refractivity contribution < 1.29 is 28.8 Å². The van der Waals surface area contributed by atoms with Gasteiger partial charge in [0.15, 0.2) is 0 Å². The summed E-state index contributed by atoms with van der Waals surface area (Å²) in [7, 11) is 1.18. The molecule has 14 heteroatoms. The van der Waals surface area contributed by atoms with E-state index in [9.17, 15) is 19.2 Å². The van der Waals surface area contributed by atoms with E-state index in [0.29, 0.717) is 0 Å². The molecule has 2 unspecified atom stereocenters. The number of thioether (sulfide) groups is 1. The Morgan fingerprint density at radius 1 is 1.38 bits per heavy atom. The van der Waals surface area contributed by atoms with Crippen molar-refractivity contribution in [1.29, 1.82) is 0 Å². The predicted octanol–water partition coefficient (Wildman–Crippen LogP) is 1.54. The van der Waals surface area contributed by atoms with Gasteiger partial charge in [-0.05, 0) is 13.0 Å². The van der Waals surface area contributed by atoms with Crippen LogP contribution in [0.5, 0.6) is 0 Å². The molecule has 0 aromatic carbocycles. The summed E-state index contributed by atoms with van der Waals surface area (Å²) in [6.07, 6.45) is 1.55. The number of esters is 1. The standard InChI is InChI=1S/C15H15BrCl3N3O6S/c1-6-3-7(14(26)28-5-15(17,18)19)22-12(25)10(13(22)29-6)20-11(24)9(21-27-2)8(23)4-16/h3,6,10,13H,4-5H2,1-2H3,(H,20,24)/t6?,10?,13-/m0/s1. The van der Waals surface area contributed by atoms with E-state index < -0.39 is 51.1 Å². The first-order valence-corrected chi connectivity index (χ1v) is 11.2. The Bertz CT molecular complexity index is 788. The van der Waals surface area contributed by atoms with Gasteiger partial charge >= 0.3 is 5.97 Å². The molecule has 0 aromatic rings. The number of nitrogens with one attached hydrogen (secondary N) is 1. The van der Waals surface area contributed by atoms with E-state index in [0.717, 1.165) is 0 Å². The first kappa shape index (κ1) is 24.3. The van der Waals surface area contributed by atoms with Crippen molar-refractivity contribution in [2.45, 2.75) is 27.4 Å². The Morgan fingerprint density at radius 3 is 2.59 bits per heavy atom. The molecule has 0 aromatic heterocycles. The van der Waals surface area contributed by atoms with Crippen molar-refractivity contribution >= 4 is 91.8 Å². The van der Waals surface area contributed by atoms with Crippen LogP contribution < -0.4 is 5.32 Å². The molecule has 2 heterocycles. The van der Waals surface area contributed by atoms with Gasteiger partial charge in [-0.3, -0.25) is 19.3 Å². The number of carbonyl (C=O) groups is 4. The van der Waals surface area contributed by atoms with Crippen molar-refractivity contribution in [2.24, 2.45) is 5.16 Å². The zero-order valence-corrected chi connectivity index (χ0v) is 19.7. The lowest BCUT2D eigenvalue weighted by atomic mass is 10.0. The van der Waals surface area contributed by atoms with Crippen LogP contribution >= 0.6 is 62.5 Å². The van der Waals surface area contributed by atoms with E-state index in [1.165, 1.54) is 23.8 Å². The number of nitrogens with zero attached hydrogens (tertiary/aromatic N) is 2. The first-order chi connectivity index (χ1) is 13.5. The van der Waals surface area contributed by atoms with Crippen molar-refractivity contribution in [1.82, 2.24) is 10.2 Å². The number of carbonyl (C=O) groups excluding carboxylic acids is 4. The second-order valence-electron chi connectivity index (χ2n) is 5.81. The number of hydrogen-bond donors (Lipinski definition) is 1. The normalized spacial score (nSPS) is 24.1.